The van der Waals surface area contributed by atoms with Crippen LogP contribution in [0.15, 0.2) is 6.07 Å². The van der Waals surface area contributed by atoms with Crippen LogP contribution in [-0.2, 0) is 4.74 Å². The summed E-state index contributed by atoms with van der Waals surface area (Å²) >= 11 is 2.13. The molecule has 3 nitrogen and oxygen atoms in total. The van der Waals surface area contributed by atoms with Crippen LogP contribution in [0.1, 0.15) is 28.5 Å². The number of pyridine rings is 1. The van der Waals surface area contributed by atoms with Crippen LogP contribution in [0.4, 0.5) is 0 Å². The van der Waals surface area contributed by atoms with Gasteiger partial charge in [-0.1, -0.05) is 0 Å². The standard InChI is InChI=1S/C10H12INO2/c1-4-14-10(13)9-6(2)5-8(11)12-7(9)3/h5H,4H2,1-3H3. The molecule has 1 heterocycles. The third-order valence-electron chi connectivity index (χ3n) is 1.85. The summed E-state index contributed by atoms with van der Waals surface area (Å²) in [6.45, 7) is 5.90. The van der Waals surface area contributed by atoms with E-state index in [9.17, 15) is 4.79 Å². The normalized spacial score (nSPS) is 10.0. The van der Waals surface area contributed by atoms with Gasteiger partial charge in [0.15, 0.2) is 0 Å². The number of carbonyl (C=O) groups excluding carboxylic acids is 1. The average Bonchev–Trinajstić information content (AvgIpc) is 2.01. The lowest BCUT2D eigenvalue weighted by molar-refractivity contribution is 0.0524. The maximum Gasteiger partial charge on any atom is 0.340 e. The molecule has 0 aliphatic heterocycles. The fourth-order valence-corrected chi connectivity index (χ4v) is 2.13. The van der Waals surface area contributed by atoms with E-state index in [0.29, 0.717) is 12.2 Å². The summed E-state index contributed by atoms with van der Waals surface area (Å²) in [6.07, 6.45) is 0. The number of esters is 1. The Balaban J connectivity index is 3.14. The molecule has 0 spiro atoms. The Morgan fingerprint density at radius 1 is 1.57 bits per heavy atom. The molecule has 0 aliphatic rings. The van der Waals surface area contributed by atoms with Gasteiger partial charge in [0.2, 0.25) is 0 Å². The van der Waals surface area contributed by atoms with Crippen LogP contribution in [0, 0.1) is 17.5 Å². The van der Waals surface area contributed by atoms with Crippen LogP contribution in [0.25, 0.3) is 0 Å². The van der Waals surface area contributed by atoms with E-state index in [2.05, 4.69) is 27.6 Å². The quantitative estimate of drug-likeness (QED) is 0.479. The van der Waals surface area contributed by atoms with Gasteiger partial charge in [-0.15, -0.1) is 0 Å². The molecule has 1 aromatic heterocycles. The fraction of sp³-hybridized carbons (Fsp3) is 0.400. The largest absolute Gasteiger partial charge is 0.462 e. The molecular formula is C10H12INO2. The fourth-order valence-electron chi connectivity index (χ4n) is 1.30. The molecule has 0 saturated heterocycles. The maximum absolute atomic E-state index is 11.5. The number of nitrogens with zero attached hydrogens (tertiary/aromatic N) is 1. The number of ether oxygens (including phenoxy) is 1. The van der Waals surface area contributed by atoms with Crippen LogP contribution < -0.4 is 0 Å². The second-order valence-corrected chi connectivity index (χ2v) is 4.05. The number of aryl methyl sites for hydroxylation is 2. The first-order valence-corrected chi connectivity index (χ1v) is 5.45. The SMILES string of the molecule is CCOC(=O)c1c(C)cc(I)nc1C. The molecule has 1 aromatic rings. The van der Waals surface area contributed by atoms with Crippen LogP contribution in [0.5, 0.6) is 0 Å². The second kappa shape index (κ2) is 4.72. The molecule has 0 fully saturated rings. The summed E-state index contributed by atoms with van der Waals surface area (Å²) in [5.74, 6) is -0.286. The Morgan fingerprint density at radius 3 is 2.71 bits per heavy atom. The van der Waals surface area contributed by atoms with Crippen LogP contribution in [0.2, 0.25) is 0 Å². The van der Waals surface area contributed by atoms with Gasteiger partial charge in [0, 0.05) is 0 Å². The Labute approximate surface area is 97.0 Å². The minimum absolute atomic E-state index is 0.286. The van der Waals surface area contributed by atoms with Crippen molar-refractivity contribution in [2.75, 3.05) is 6.61 Å². The van der Waals surface area contributed by atoms with E-state index < -0.39 is 0 Å². The van der Waals surface area contributed by atoms with Crippen molar-refractivity contribution in [3.05, 3.63) is 26.6 Å². The third kappa shape index (κ3) is 2.43. The highest BCUT2D eigenvalue weighted by atomic mass is 127. The van der Waals surface area contributed by atoms with Gasteiger partial charge in [0.1, 0.15) is 3.70 Å². The van der Waals surface area contributed by atoms with Gasteiger partial charge < -0.3 is 4.74 Å². The van der Waals surface area contributed by atoms with Gasteiger partial charge >= 0.3 is 5.97 Å². The van der Waals surface area contributed by atoms with E-state index in [0.717, 1.165) is 15.0 Å². The minimum Gasteiger partial charge on any atom is -0.462 e. The van der Waals surface area contributed by atoms with Crippen molar-refractivity contribution in [2.24, 2.45) is 0 Å². The third-order valence-corrected chi connectivity index (χ3v) is 2.40. The van der Waals surface area contributed by atoms with E-state index >= 15 is 0 Å². The highest BCUT2D eigenvalue weighted by molar-refractivity contribution is 14.1. The molecule has 0 amide bonds. The Kier molecular flexibility index (Phi) is 3.86. The number of rotatable bonds is 2. The van der Waals surface area contributed by atoms with Gasteiger partial charge in [-0.25, -0.2) is 9.78 Å². The van der Waals surface area contributed by atoms with Gasteiger partial charge in [-0.2, -0.15) is 0 Å². The van der Waals surface area contributed by atoms with Crippen molar-refractivity contribution in [1.29, 1.82) is 0 Å². The van der Waals surface area contributed by atoms with Gasteiger partial charge in [-0.3, -0.25) is 0 Å². The zero-order valence-corrected chi connectivity index (χ0v) is 10.6. The lowest BCUT2D eigenvalue weighted by Gasteiger charge is -2.08. The number of aromatic nitrogens is 1. The molecule has 0 bridgehead atoms. The van der Waals surface area contributed by atoms with Gasteiger partial charge in [0.25, 0.3) is 0 Å². The Hall–Kier alpha value is -0.650. The van der Waals surface area contributed by atoms with Crippen molar-refractivity contribution < 1.29 is 9.53 Å². The number of carbonyl (C=O) groups is 1. The lowest BCUT2D eigenvalue weighted by Crippen LogP contribution is -2.10. The van der Waals surface area contributed by atoms with Crippen molar-refractivity contribution in [1.82, 2.24) is 4.98 Å². The summed E-state index contributed by atoms with van der Waals surface area (Å²) in [5, 5.41) is 0. The molecule has 1 rings (SSSR count). The molecule has 14 heavy (non-hydrogen) atoms. The van der Waals surface area contributed by atoms with E-state index in [-0.39, 0.29) is 5.97 Å². The van der Waals surface area contributed by atoms with Crippen molar-refractivity contribution in [2.45, 2.75) is 20.8 Å². The molecule has 4 heteroatoms. The number of halogens is 1. The smallest absolute Gasteiger partial charge is 0.340 e. The molecule has 0 saturated carbocycles. The Morgan fingerprint density at radius 2 is 2.21 bits per heavy atom. The summed E-state index contributed by atoms with van der Waals surface area (Å²) < 4.78 is 5.84. The first kappa shape index (κ1) is 11.4. The predicted molar refractivity (Wildman–Crippen MR) is 62.4 cm³/mol. The average molecular weight is 305 g/mol. The molecule has 76 valence electrons. The molecular weight excluding hydrogens is 293 g/mol. The number of hydrogen-bond donors (Lipinski definition) is 0. The zero-order chi connectivity index (χ0) is 10.7. The topological polar surface area (TPSA) is 39.2 Å². The van der Waals surface area contributed by atoms with Crippen molar-refractivity contribution >= 4 is 28.6 Å². The van der Waals surface area contributed by atoms with Crippen LogP contribution in [0.3, 0.4) is 0 Å². The highest BCUT2D eigenvalue weighted by Crippen LogP contribution is 2.15. The zero-order valence-electron chi connectivity index (χ0n) is 8.43. The summed E-state index contributed by atoms with van der Waals surface area (Å²) in [7, 11) is 0. The Bertz CT molecular complexity index is 340. The first-order valence-electron chi connectivity index (χ1n) is 4.37. The van der Waals surface area contributed by atoms with Crippen LogP contribution >= 0.6 is 22.6 Å². The van der Waals surface area contributed by atoms with Crippen molar-refractivity contribution in [3.63, 3.8) is 0 Å². The monoisotopic (exact) mass is 305 g/mol. The molecule has 0 atom stereocenters. The van der Waals surface area contributed by atoms with E-state index in [4.69, 9.17) is 4.74 Å². The van der Waals surface area contributed by atoms with E-state index in [1.807, 2.05) is 19.9 Å². The lowest BCUT2D eigenvalue weighted by atomic mass is 10.1. The highest BCUT2D eigenvalue weighted by Gasteiger charge is 2.14. The summed E-state index contributed by atoms with van der Waals surface area (Å²) in [6, 6.07) is 1.87. The predicted octanol–water partition coefficient (Wildman–Crippen LogP) is 2.48. The van der Waals surface area contributed by atoms with Crippen molar-refractivity contribution in [3.8, 4) is 0 Å². The van der Waals surface area contributed by atoms with Gasteiger partial charge in [-0.05, 0) is 55.0 Å². The minimum atomic E-state index is -0.286. The van der Waals surface area contributed by atoms with E-state index in [1.54, 1.807) is 6.92 Å². The second-order valence-electron chi connectivity index (χ2n) is 2.94. The van der Waals surface area contributed by atoms with Gasteiger partial charge in [0.05, 0.1) is 17.9 Å². The summed E-state index contributed by atoms with van der Waals surface area (Å²) in [5.41, 5.74) is 2.24. The number of hydrogen-bond acceptors (Lipinski definition) is 3. The molecule has 0 radical (unpaired) electrons. The first-order chi connectivity index (χ1) is 6.56. The summed E-state index contributed by atoms with van der Waals surface area (Å²) in [4.78, 5) is 15.8. The maximum atomic E-state index is 11.5. The van der Waals surface area contributed by atoms with Crippen LogP contribution in [-0.4, -0.2) is 17.6 Å². The molecule has 0 unspecified atom stereocenters. The van der Waals surface area contributed by atoms with E-state index in [1.165, 1.54) is 0 Å². The molecule has 0 aromatic carbocycles. The molecule has 0 N–H and O–H groups in total. The molecule has 0 aliphatic carbocycles.